The van der Waals surface area contributed by atoms with E-state index in [2.05, 4.69) is 15.4 Å². The van der Waals surface area contributed by atoms with E-state index in [0.717, 1.165) is 19.5 Å². The standard InChI is InChI=1S/C23H22F2N6O3/c1-29-19-9-16(25)18(30-7-4-8-30)10-20(19)34-12-17(23(29)33)27-22(32)21-26-13-31(28-21)11-14-5-2-3-6-15(14)24/h2-3,5-6,9-10,13,17H,4,7-8,11-12H2,1H3,(H,27,32)/t17-/m0/s1. The lowest BCUT2D eigenvalue weighted by atomic mass is 10.1. The Balaban J connectivity index is 1.29. The van der Waals surface area contributed by atoms with Gasteiger partial charge in [-0.25, -0.2) is 18.4 Å². The second-order valence-electron chi connectivity index (χ2n) is 8.20. The summed E-state index contributed by atoms with van der Waals surface area (Å²) < 4.78 is 35.6. The van der Waals surface area contributed by atoms with E-state index in [1.165, 1.54) is 35.1 Å². The van der Waals surface area contributed by atoms with Crippen molar-refractivity contribution in [3.05, 3.63) is 65.7 Å². The number of hydrogen-bond acceptors (Lipinski definition) is 6. The fraction of sp³-hybridized carbons (Fsp3) is 0.304. The summed E-state index contributed by atoms with van der Waals surface area (Å²) in [6.45, 7) is 1.49. The Morgan fingerprint density at radius 3 is 2.71 bits per heavy atom. The molecule has 0 saturated carbocycles. The molecule has 2 aliphatic rings. The molecule has 3 aromatic rings. The van der Waals surface area contributed by atoms with Gasteiger partial charge in [-0.05, 0) is 12.5 Å². The average Bonchev–Trinajstić information content (AvgIpc) is 3.22. The first-order chi connectivity index (χ1) is 16.4. The highest BCUT2D eigenvalue weighted by Crippen LogP contribution is 2.37. The zero-order chi connectivity index (χ0) is 23.8. The van der Waals surface area contributed by atoms with Gasteiger partial charge in [-0.1, -0.05) is 18.2 Å². The molecular formula is C23H22F2N6O3. The number of anilines is 2. The molecule has 176 valence electrons. The zero-order valence-electron chi connectivity index (χ0n) is 18.4. The van der Waals surface area contributed by atoms with Gasteiger partial charge in [-0.3, -0.25) is 9.59 Å². The zero-order valence-corrected chi connectivity index (χ0v) is 18.4. The third kappa shape index (κ3) is 4.04. The van der Waals surface area contributed by atoms with E-state index in [-0.39, 0.29) is 30.5 Å². The van der Waals surface area contributed by atoms with Gasteiger partial charge in [0, 0.05) is 37.8 Å². The number of nitrogens with zero attached hydrogens (tertiary/aromatic N) is 5. The molecule has 1 aromatic heterocycles. The summed E-state index contributed by atoms with van der Waals surface area (Å²) in [7, 11) is 1.50. The summed E-state index contributed by atoms with van der Waals surface area (Å²) >= 11 is 0. The van der Waals surface area contributed by atoms with Crippen LogP contribution in [0.5, 0.6) is 5.75 Å². The molecule has 1 fully saturated rings. The number of rotatable bonds is 5. The first-order valence-electron chi connectivity index (χ1n) is 10.8. The van der Waals surface area contributed by atoms with Crippen molar-refractivity contribution >= 4 is 23.2 Å². The van der Waals surface area contributed by atoms with E-state index in [9.17, 15) is 18.4 Å². The predicted octanol–water partition coefficient (Wildman–Crippen LogP) is 1.97. The fourth-order valence-corrected chi connectivity index (χ4v) is 3.91. The quantitative estimate of drug-likeness (QED) is 0.616. The average molecular weight is 468 g/mol. The van der Waals surface area contributed by atoms with Gasteiger partial charge in [0.15, 0.2) is 0 Å². The Labute approximate surface area is 193 Å². The van der Waals surface area contributed by atoms with Crippen LogP contribution in [0.1, 0.15) is 22.6 Å². The molecule has 1 saturated heterocycles. The second kappa shape index (κ2) is 8.73. The second-order valence-corrected chi connectivity index (χ2v) is 8.20. The van der Waals surface area contributed by atoms with Gasteiger partial charge >= 0.3 is 0 Å². The molecule has 11 heteroatoms. The Morgan fingerprint density at radius 1 is 1.18 bits per heavy atom. The number of benzene rings is 2. The molecular weight excluding hydrogens is 446 g/mol. The Kier molecular flexibility index (Phi) is 5.60. The maximum absolute atomic E-state index is 14.6. The lowest BCUT2D eigenvalue weighted by Gasteiger charge is -2.34. The number of carbonyl (C=O) groups is 2. The van der Waals surface area contributed by atoms with Crippen molar-refractivity contribution in [1.29, 1.82) is 0 Å². The van der Waals surface area contributed by atoms with E-state index in [1.807, 2.05) is 4.90 Å². The van der Waals surface area contributed by atoms with Crippen LogP contribution in [0.25, 0.3) is 0 Å². The van der Waals surface area contributed by atoms with Crippen LogP contribution in [-0.2, 0) is 11.3 Å². The molecule has 0 unspecified atom stereocenters. The largest absolute Gasteiger partial charge is 0.489 e. The topological polar surface area (TPSA) is 92.6 Å². The predicted molar refractivity (Wildman–Crippen MR) is 119 cm³/mol. The molecule has 2 aromatic carbocycles. The van der Waals surface area contributed by atoms with Crippen LogP contribution in [0.3, 0.4) is 0 Å². The van der Waals surface area contributed by atoms with Gasteiger partial charge in [0.05, 0.1) is 17.9 Å². The molecule has 9 nitrogen and oxygen atoms in total. The molecule has 0 bridgehead atoms. The monoisotopic (exact) mass is 468 g/mol. The molecule has 3 heterocycles. The number of likely N-dealkylation sites (N-methyl/N-ethyl adjacent to an activating group) is 1. The van der Waals surface area contributed by atoms with Crippen molar-refractivity contribution in [2.75, 3.05) is 36.5 Å². The third-order valence-electron chi connectivity index (χ3n) is 5.96. The van der Waals surface area contributed by atoms with Crippen LogP contribution in [0.4, 0.5) is 20.2 Å². The molecule has 0 radical (unpaired) electrons. The number of nitrogens with one attached hydrogen (secondary N) is 1. The van der Waals surface area contributed by atoms with Crippen molar-refractivity contribution < 1.29 is 23.1 Å². The SMILES string of the molecule is CN1C(=O)[C@@H](NC(=O)c2ncn(Cc3ccccc3F)n2)COc2cc(N3CCC3)c(F)cc21. The molecule has 2 amide bonds. The maximum Gasteiger partial charge on any atom is 0.291 e. The van der Waals surface area contributed by atoms with Crippen molar-refractivity contribution in [3.63, 3.8) is 0 Å². The minimum atomic E-state index is -1.03. The summed E-state index contributed by atoms with van der Waals surface area (Å²) in [5.74, 6) is -1.77. The van der Waals surface area contributed by atoms with Crippen molar-refractivity contribution in [1.82, 2.24) is 20.1 Å². The van der Waals surface area contributed by atoms with Gasteiger partial charge in [0.25, 0.3) is 11.8 Å². The molecule has 1 N–H and O–H groups in total. The van der Waals surface area contributed by atoms with E-state index < -0.39 is 23.7 Å². The normalized spacial score (nSPS) is 17.5. The van der Waals surface area contributed by atoms with Crippen LogP contribution in [-0.4, -0.2) is 59.4 Å². The van der Waals surface area contributed by atoms with Crippen LogP contribution in [0.2, 0.25) is 0 Å². The summed E-state index contributed by atoms with van der Waals surface area (Å²) in [5.41, 5.74) is 1.12. The highest BCUT2D eigenvalue weighted by molar-refractivity contribution is 6.02. The van der Waals surface area contributed by atoms with E-state index >= 15 is 0 Å². The summed E-state index contributed by atoms with van der Waals surface area (Å²) in [4.78, 5) is 32.8. The minimum Gasteiger partial charge on any atom is -0.489 e. The number of aromatic nitrogens is 3. The Hall–Kier alpha value is -4.02. The molecule has 0 spiro atoms. The number of amides is 2. The summed E-state index contributed by atoms with van der Waals surface area (Å²) in [6, 6.07) is 8.07. The van der Waals surface area contributed by atoms with Crippen molar-refractivity contribution in [2.45, 2.75) is 19.0 Å². The Bertz CT molecular complexity index is 1260. The van der Waals surface area contributed by atoms with Crippen molar-refractivity contribution in [3.8, 4) is 5.75 Å². The van der Waals surface area contributed by atoms with Crippen molar-refractivity contribution in [2.24, 2.45) is 0 Å². The van der Waals surface area contributed by atoms with Crippen LogP contribution < -0.4 is 19.9 Å². The molecule has 1 atom stereocenters. The van der Waals surface area contributed by atoms with Crippen LogP contribution >= 0.6 is 0 Å². The smallest absolute Gasteiger partial charge is 0.291 e. The van der Waals surface area contributed by atoms with E-state index in [1.54, 1.807) is 24.3 Å². The summed E-state index contributed by atoms with van der Waals surface area (Å²) in [5, 5.41) is 6.66. The molecule has 34 heavy (non-hydrogen) atoms. The highest BCUT2D eigenvalue weighted by Gasteiger charge is 2.33. The molecule has 5 rings (SSSR count). The third-order valence-corrected chi connectivity index (χ3v) is 5.96. The molecule has 0 aliphatic carbocycles. The van der Waals surface area contributed by atoms with Gasteiger partial charge in [-0.15, -0.1) is 5.10 Å². The Morgan fingerprint density at radius 2 is 1.97 bits per heavy atom. The van der Waals surface area contributed by atoms with Crippen LogP contribution in [0.15, 0.2) is 42.7 Å². The highest BCUT2D eigenvalue weighted by atomic mass is 19.1. The lowest BCUT2D eigenvalue weighted by molar-refractivity contribution is -0.120. The first-order valence-corrected chi connectivity index (χ1v) is 10.8. The van der Waals surface area contributed by atoms with Crippen LogP contribution in [0, 0.1) is 11.6 Å². The minimum absolute atomic E-state index is 0.0986. The number of hydrogen-bond donors (Lipinski definition) is 1. The summed E-state index contributed by atoms with van der Waals surface area (Å²) in [6.07, 6.45) is 2.31. The number of carbonyl (C=O) groups excluding carboxylic acids is 2. The van der Waals surface area contributed by atoms with Gasteiger partial charge in [0.2, 0.25) is 5.82 Å². The number of fused-ring (bicyclic) bond motifs is 1. The number of ether oxygens (including phenoxy) is 1. The van der Waals surface area contributed by atoms with E-state index in [4.69, 9.17) is 4.74 Å². The van der Waals surface area contributed by atoms with Gasteiger partial charge in [0.1, 0.15) is 36.4 Å². The van der Waals surface area contributed by atoms with E-state index in [0.29, 0.717) is 17.0 Å². The maximum atomic E-state index is 14.6. The molecule has 2 aliphatic heterocycles. The fourth-order valence-electron chi connectivity index (χ4n) is 3.91. The van der Waals surface area contributed by atoms with Gasteiger partial charge in [-0.2, -0.15) is 0 Å². The van der Waals surface area contributed by atoms with Gasteiger partial charge < -0.3 is 19.9 Å². The lowest BCUT2D eigenvalue weighted by Crippen LogP contribution is -2.49. The number of halogens is 2. The first kappa shape index (κ1) is 21.8.